The first-order valence-corrected chi connectivity index (χ1v) is 7.38. The summed E-state index contributed by atoms with van der Waals surface area (Å²) in [6.07, 6.45) is 2.86. The topological polar surface area (TPSA) is 38.3 Å². The van der Waals surface area contributed by atoms with E-state index in [1.54, 1.807) is 0 Å². The monoisotopic (exact) mass is 281 g/mol. The Kier molecular flexibility index (Phi) is 5.08. The van der Waals surface area contributed by atoms with Crippen LogP contribution >= 0.6 is 11.6 Å². The molecule has 1 unspecified atom stereocenters. The van der Waals surface area contributed by atoms with Gasteiger partial charge in [-0.3, -0.25) is 4.79 Å². The smallest absolute Gasteiger partial charge is 0.251 e. The number of carbonyl (C=O) groups is 1. The highest BCUT2D eigenvalue weighted by molar-refractivity contribution is 6.17. The van der Waals surface area contributed by atoms with Crippen LogP contribution in [0.2, 0.25) is 0 Å². The predicted octanol–water partition coefficient (Wildman–Crippen LogP) is 3.01. The van der Waals surface area contributed by atoms with Gasteiger partial charge >= 0.3 is 0 Å². The molecule has 1 aliphatic rings. The number of hydrogen-bond acceptors (Lipinski definition) is 2. The first-order valence-electron chi connectivity index (χ1n) is 6.84. The van der Waals surface area contributed by atoms with Crippen molar-refractivity contribution < 1.29 is 9.53 Å². The fraction of sp³-hybridized carbons (Fsp3) is 0.533. The summed E-state index contributed by atoms with van der Waals surface area (Å²) in [6, 6.07) is 5.63. The number of rotatable bonds is 6. The van der Waals surface area contributed by atoms with Crippen LogP contribution in [0.1, 0.15) is 35.7 Å². The molecular formula is C15H20ClNO2. The molecular weight excluding hydrogens is 262 g/mol. The molecule has 4 heteroatoms. The molecule has 0 radical (unpaired) electrons. The number of halogens is 1. The number of amides is 1. The zero-order valence-corrected chi connectivity index (χ0v) is 12.0. The zero-order valence-electron chi connectivity index (χ0n) is 11.2. The lowest BCUT2D eigenvalue weighted by Crippen LogP contribution is -2.29. The molecule has 0 saturated carbocycles. The molecule has 1 amide bonds. The Balaban J connectivity index is 1.92. The van der Waals surface area contributed by atoms with E-state index in [0.717, 1.165) is 30.6 Å². The van der Waals surface area contributed by atoms with Crippen molar-refractivity contribution in [3.05, 3.63) is 29.3 Å². The van der Waals surface area contributed by atoms with Gasteiger partial charge in [0, 0.05) is 24.4 Å². The summed E-state index contributed by atoms with van der Waals surface area (Å²) in [5.41, 5.74) is 1.84. The van der Waals surface area contributed by atoms with Crippen molar-refractivity contribution in [1.82, 2.24) is 5.32 Å². The van der Waals surface area contributed by atoms with E-state index >= 15 is 0 Å². The van der Waals surface area contributed by atoms with Gasteiger partial charge in [-0.15, -0.1) is 11.6 Å². The highest BCUT2D eigenvalue weighted by atomic mass is 35.5. The second-order valence-electron chi connectivity index (χ2n) is 4.88. The van der Waals surface area contributed by atoms with Crippen molar-refractivity contribution >= 4 is 17.5 Å². The number of fused-ring (bicyclic) bond motifs is 1. The van der Waals surface area contributed by atoms with E-state index in [1.807, 2.05) is 18.2 Å². The standard InChI is InChI=1S/C15H20ClNO2/c1-2-11(5-7-16)10-17-15(18)13-3-4-14-12(9-13)6-8-19-14/h3-4,9,11H,2,5-8,10H2,1H3,(H,17,18). The molecule has 1 aromatic rings. The van der Waals surface area contributed by atoms with E-state index in [4.69, 9.17) is 16.3 Å². The average Bonchev–Trinajstić information content (AvgIpc) is 2.90. The minimum atomic E-state index is -0.0114. The van der Waals surface area contributed by atoms with Crippen LogP contribution in [0.15, 0.2) is 18.2 Å². The van der Waals surface area contributed by atoms with Gasteiger partial charge in [0.1, 0.15) is 5.75 Å². The van der Waals surface area contributed by atoms with Crippen LogP contribution in [-0.2, 0) is 6.42 Å². The van der Waals surface area contributed by atoms with Gasteiger partial charge in [-0.25, -0.2) is 0 Å². The molecule has 2 rings (SSSR count). The summed E-state index contributed by atoms with van der Waals surface area (Å²) in [5.74, 6) is 2.00. The van der Waals surface area contributed by atoms with Crippen molar-refractivity contribution in [3.63, 3.8) is 0 Å². The highest BCUT2D eigenvalue weighted by Gasteiger charge is 2.15. The largest absolute Gasteiger partial charge is 0.493 e. The summed E-state index contributed by atoms with van der Waals surface area (Å²) in [6.45, 7) is 3.53. The zero-order chi connectivity index (χ0) is 13.7. The summed E-state index contributed by atoms with van der Waals surface area (Å²) in [7, 11) is 0. The van der Waals surface area contributed by atoms with Crippen LogP contribution in [-0.4, -0.2) is 24.9 Å². The van der Waals surface area contributed by atoms with Crippen molar-refractivity contribution in [2.75, 3.05) is 19.0 Å². The molecule has 0 bridgehead atoms. The van der Waals surface area contributed by atoms with E-state index in [1.165, 1.54) is 0 Å². The van der Waals surface area contributed by atoms with Crippen LogP contribution in [0.3, 0.4) is 0 Å². The second kappa shape index (κ2) is 6.80. The maximum Gasteiger partial charge on any atom is 0.251 e. The molecule has 1 N–H and O–H groups in total. The van der Waals surface area contributed by atoms with Gasteiger partial charge in [0.05, 0.1) is 6.61 Å². The fourth-order valence-electron chi connectivity index (χ4n) is 2.27. The summed E-state index contributed by atoms with van der Waals surface area (Å²) < 4.78 is 5.43. The van der Waals surface area contributed by atoms with E-state index in [0.29, 0.717) is 30.5 Å². The summed E-state index contributed by atoms with van der Waals surface area (Å²) >= 11 is 5.74. The molecule has 1 heterocycles. The molecule has 1 aliphatic heterocycles. The number of nitrogens with one attached hydrogen (secondary N) is 1. The first-order chi connectivity index (χ1) is 9.24. The Morgan fingerprint density at radius 2 is 2.37 bits per heavy atom. The Hall–Kier alpha value is -1.22. The second-order valence-corrected chi connectivity index (χ2v) is 5.26. The van der Waals surface area contributed by atoms with Gasteiger partial charge in [-0.1, -0.05) is 13.3 Å². The number of alkyl halides is 1. The van der Waals surface area contributed by atoms with Gasteiger partial charge in [0.2, 0.25) is 0 Å². The third-order valence-electron chi connectivity index (χ3n) is 3.60. The molecule has 1 atom stereocenters. The normalized spacial score (nSPS) is 14.6. The molecule has 0 aromatic heterocycles. The van der Waals surface area contributed by atoms with Crippen LogP contribution in [0.4, 0.5) is 0 Å². The van der Waals surface area contributed by atoms with E-state index in [2.05, 4.69) is 12.2 Å². The summed E-state index contributed by atoms with van der Waals surface area (Å²) in [4.78, 5) is 12.1. The lowest BCUT2D eigenvalue weighted by Gasteiger charge is -2.14. The van der Waals surface area contributed by atoms with Crippen molar-refractivity contribution in [3.8, 4) is 5.75 Å². The van der Waals surface area contributed by atoms with E-state index in [9.17, 15) is 4.79 Å². The van der Waals surface area contributed by atoms with Crippen molar-refractivity contribution in [2.24, 2.45) is 5.92 Å². The third kappa shape index (κ3) is 3.63. The third-order valence-corrected chi connectivity index (χ3v) is 3.82. The molecule has 0 fully saturated rings. The summed E-state index contributed by atoms with van der Waals surface area (Å²) in [5, 5.41) is 2.99. The number of ether oxygens (including phenoxy) is 1. The maximum absolute atomic E-state index is 12.1. The van der Waals surface area contributed by atoms with Crippen molar-refractivity contribution in [2.45, 2.75) is 26.2 Å². The van der Waals surface area contributed by atoms with E-state index in [-0.39, 0.29) is 5.91 Å². The molecule has 19 heavy (non-hydrogen) atoms. The average molecular weight is 282 g/mol. The highest BCUT2D eigenvalue weighted by Crippen LogP contribution is 2.25. The van der Waals surface area contributed by atoms with Crippen LogP contribution in [0.25, 0.3) is 0 Å². The minimum absolute atomic E-state index is 0.0114. The number of carbonyl (C=O) groups excluding carboxylic acids is 1. The number of benzene rings is 1. The van der Waals surface area contributed by atoms with Gasteiger partial charge in [-0.05, 0) is 36.1 Å². The first kappa shape index (κ1) is 14.2. The maximum atomic E-state index is 12.1. The van der Waals surface area contributed by atoms with Gasteiger partial charge in [0.15, 0.2) is 0 Å². The quantitative estimate of drug-likeness (QED) is 0.814. The minimum Gasteiger partial charge on any atom is -0.493 e. The van der Waals surface area contributed by atoms with Crippen LogP contribution in [0.5, 0.6) is 5.75 Å². The molecule has 0 aliphatic carbocycles. The molecule has 3 nitrogen and oxygen atoms in total. The SMILES string of the molecule is CCC(CCCl)CNC(=O)c1ccc2c(c1)CCO2. The van der Waals surface area contributed by atoms with Crippen LogP contribution < -0.4 is 10.1 Å². The van der Waals surface area contributed by atoms with Crippen molar-refractivity contribution in [1.29, 1.82) is 0 Å². The molecule has 0 saturated heterocycles. The molecule has 1 aromatic carbocycles. The Morgan fingerprint density at radius 3 is 3.11 bits per heavy atom. The Bertz CT molecular complexity index is 448. The Labute approximate surface area is 119 Å². The van der Waals surface area contributed by atoms with E-state index < -0.39 is 0 Å². The number of hydrogen-bond donors (Lipinski definition) is 1. The van der Waals surface area contributed by atoms with Crippen LogP contribution in [0, 0.1) is 5.92 Å². The lowest BCUT2D eigenvalue weighted by molar-refractivity contribution is 0.0946. The fourth-order valence-corrected chi connectivity index (χ4v) is 2.58. The van der Waals surface area contributed by atoms with Gasteiger partial charge < -0.3 is 10.1 Å². The van der Waals surface area contributed by atoms with Gasteiger partial charge in [0.25, 0.3) is 5.91 Å². The van der Waals surface area contributed by atoms with Gasteiger partial charge in [-0.2, -0.15) is 0 Å². The lowest BCUT2D eigenvalue weighted by atomic mass is 10.0. The molecule has 104 valence electrons. The molecule has 0 spiro atoms. The Morgan fingerprint density at radius 1 is 1.53 bits per heavy atom. The predicted molar refractivity (Wildman–Crippen MR) is 77.1 cm³/mol.